The Hall–Kier alpha value is -2.69. The smallest absolute Gasteiger partial charge is 0.251 e. The monoisotopic (exact) mass is 340 g/mol. The maximum atomic E-state index is 12.4. The Morgan fingerprint density at radius 3 is 2.48 bits per heavy atom. The summed E-state index contributed by atoms with van der Waals surface area (Å²) in [5, 5.41) is 2.95. The van der Waals surface area contributed by atoms with Crippen molar-refractivity contribution in [3.05, 3.63) is 53.6 Å². The van der Waals surface area contributed by atoms with Gasteiger partial charge in [0, 0.05) is 36.4 Å². The highest BCUT2D eigenvalue weighted by Gasteiger charge is 2.16. The molecule has 5 heteroatoms. The van der Waals surface area contributed by atoms with Gasteiger partial charge in [-0.2, -0.15) is 0 Å². The normalized spacial score (nSPS) is 12.6. The summed E-state index contributed by atoms with van der Waals surface area (Å²) in [6.07, 6.45) is 0. The fraction of sp³-hybridized carbons (Fsp3) is 0.350. The lowest BCUT2D eigenvalue weighted by Crippen LogP contribution is -2.25. The van der Waals surface area contributed by atoms with Gasteiger partial charge < -0.3 is 19.7 Å². The topological polar surface area (TPSA) is 50.8 Å². The largest absolute Gasteiger partial charge is 0.486 e. The molecule has 2 aromatic carbocycles. The van der Waals surface area contributed by atoms with Crippen LogP contribution in [0, 0.1) is 0 Å². The summed E-state index contributed by atoms with van der Waals surface area (Å²) in [6, 6.07) is 13.4. The highest BCUT2D eigenvalue weighted by Crippen LogP contribution is 2.33. The lowest BCUT2D eigenvalue weighted by atomic mass is 10.1. The van der Waals surface area contributed by atoms with Crippen LogP contribution in [0.1, 0.15) is 29.8 Å². The predicted molar refractivity (Wildman–Crippen MR) is 98.6 cm³/mol. The molecule has 0 saturated carbocycles. The van der Waals surface area contributed by atoms with E-state index in [4.69, 9.17) is 9.47 Å². The molecule has 0 aliphatic carbocycles. The molecule has 25 heavy (non-hydrogen) atoms. The summed E-state index contributed by atoms with van der Waals surface area (Å²) in [7, 11) is 0. The van der Waals surface area contributed by atoms with Crippen molar-refractivity contribution in [2.45, 2.75) is 20.4 Å². The number of hydrogen-bond acceptors (Lipinski definition) is 4. The van der Waals surface area contributed by atoms with Crippen LogP contribution in [0.5, 0.6) is 11.5 Å². The van der Waals surface area contributed by atoms with E-state index in [2.05, 4.69) is 24.1 Å². The summed E-state index contributed by atoms with van der Waals surface area (Å²) in [6.45, 7) is 7.63. The van der Waals surface area contributed by atoms with Gasteiger partial charge in [-0.1, -0.05) is 12.1 Å². The first-order valence-electron chi connectivity index (χ1n) is 8.73. The minimum absolute atomic E-state index is 0.0968. The number of fused-ring (bicyclic) bond motifs is 1. The summed E-state index contributed by atoms with van der Waals surface area (Å²) in [5.74, 6) is 1.37. The minimum atomic E-state index is -0.0968. The second-order valence-corrected chi connectivity index (χ2v) is 5.84. The van der Waals surface area contributed by atoms with Crippen molar-refractivity contribution < 1.29 is 14.3 Å². The molecule has 1 heterocycles. The maximum Gasteiger partial charge on any atom is 0.251 e. The van der Waals surface area contributed by atoms with E-state index in [0.29, 0.717) is 25.3 Å². The average Bonchev–Trinajstić information content (AvgIpc) is 2.67. The lowest BCUT2D eigenvalue weighted by molar-refractivity contribution is 0.0950. The minimum Gasteiger partial charge on any atom is -0.486 e. The number of nitrogens with zero attached hydrogens (tertiary/aromatic N) is 1. The number of carbonyl (C=O) groups excluding carboxylic acids is 1. The fourth-order valence-corrected chi connectivity index (χ4v) is 2.96. The molecule has 0 radical (unpaired) electrons. The number of rotatable bonds is 6. The highest BCUT2D eigenvalue weighted by atomic mass is 16.6. The van der Waals surface area contributed by atoms with Crippen molar-refractivity contribution in [2.24, 2.45) is 0 Å². The number of carbonyl (C=O) groups is 1. The summed E-state index contributed by atoms with van der Waals surface area (Å²) >= 11 is 0. The van der Waals surface area contributed by atoms with E-state index in [0.717, 1.165) is 35.8 Å². The quantitative estimate of drug-likeness (QED) is 0.877. The van der Waals surface area contributed by atoms with Gasteiger partial charge in [-0.15, -0.1) is 0 Å². The number of para-hydroxylation sites is 1. The molecule has 2 aromatic rings. The number of hydrogen-bond donors (Lipinski definition) is 1. The number of anilines is 1. The molecular weight excluding hydrogens is 316 g/mol. The van der Waals surface area contributed by atoms with Gasteiger partial charge in [0.25, 0.3) is 5.91 Å². The second kappa shape index (κ2) is 7.92. The molecule has 0 spiro atoms. The zero-order chi connectivity index (χ0) is 17.6. The third-order valence-corrected chi connectivity index (χ3v) is 4.35. The Kier molecular flexibility index (Phi) is 5.43. The molecule has 1 amide bonds. The van der Waals surface area contributed by atoms with Crippen LogP contribution in [0.15, 0.2) is 42.5 Å². The predicted octanol–water partition coefficient (Wildman–Crippen LogP) is 3.23. The maximum absolute atomic E-state index is 12.4. The van der Waals surface area contributed by atoms with Crippen LogP contribution < -0.4 is 19.7 Å². The first-order chi connectivity index (χ1) is 12.2. The summed E-state index contributed by atoms with van der Waals surface area (Å²) in [5.41, 5.74) is 2.70. The SMILES string of the molecule is CCN(CC)c1ccc(C(=O)NCc2cccc3c2OCCO3)cc1. The molecule has 0 fully saturated rings. The second-order valence-electron chi connectivity index (χ2n) is 5.84. The van der Waals surface area contributed by atoms with Gasteiger partial charge in [-0.25, -0.2) is 0 Å². The van der Waals surface area contributed by atoms with Crippen molar-refractivity contribution in [2.75, 3.05) is 31.2 Å². The average molecular weight is 340 g/mol. The summed E-state index contributed by atoms with van der Waals surface area (Å²) in [4.78, 5) is 14.7. The Morgan fingerprint density at radius 2 is 1.76 bits per heavy atom. The van der Waals surface area contributed by atoms with Crippen LogP contribution in [0.3, 0.4) is 0 Å². The van der Waals surface area contributed by atoms with E-state index in [9.17, 15) is 4.79 Å². The Morgan fingerprint density at radius 1 is 1.04 bits per heavy atom. The van der Waals surface area contributed by atoms with Crippen molar-refractivity contribution in [1.29, 1.82) is 0 Å². The highest BCUT2D eigenvalue weighted by molar-refractivity contribution is 5.94. The first-order valence-corrected chi connectivity index (χ1v) is 8.73. The van der Waals surface area contributed by atoms with Gasteiger partial charge >= 0.3 is 0 Å². The van der Waals surface area contributed by atoms with Crippen molar-refractivity contribution in [3.63, 3.8) is 0 Å². The zero-order valence-electron chi connectivity index (χ0n) is 14.7. The molecule has 0 unspecified atom stereocenters. The van der Waals surface area contributed by atoms with Crippen LogP contribution in [-0.4, -0.2) is 32.2 Å². The van der Waals surface area contributed by atoms with Gasteiger partial charge in [0.15, 0.2) is 11.5 Å². The van der Waals surface area contributed by atoms with Gasteiger partial charge in [0.2, 0.25) is 0 Å². The molecule has 1 N–H and O–H groups in total. The molecule has 0 bridgehead atoms. The van der Waals surface area contributed by atoms with Crippen molar-refractivity contribution in [1.82, 2.24) is 5.32 Å². The zero-order valence-corrected chi connectivity index (χ0v) is 14.7. The van der Waals surface area contributed by atoms with Gasteiger partial charge in [0.05, 0.1) is 0 Å². The Labute approximate surface area is 148 Å². The number of nitrogens with one attached hydrogen (secondary N) is 1. The van der Waals surface area contributed by atoms with Crippen LogP contribution in [0.25, 0.3) is 0 Å². The molecule has 1 aliphatic heterocycles. The van der Waals surface area contributed by atoms with Crippen molar-refractivity contribution >= 4 is 11.6 Å². The molecule has 132 valence electrons. The lowest BCUT2D eigenvalue weighted by Gasteiger charge is -2.21. The third kappa shape index (κ3) is 3.87. The Bertz CT molecular complexity index is 724. The van der Waals surface area contributed by atoms with Crippen LogP contribution in [0.2, 0.25) is 0 Å². The van der Waals surface area contributed by atoms with Gasteiger partial charge in [-0.3, -0.25) is 4.79 Å². The van der Waals surface area contributed by atoms with E-state index in [1.165, 1.54) is 0 Å². The van der Waals surface area contributed by atoms with Crippen molar-refractivity contribution in [3.8, 4) is 11.5 Å². The van der Waals surface area contributed by atoms with E-state index >= 15 is 0 Å². The Balaban J connectivity index is 1.65. The standard InChI is InChI=1S/C20H24N2O3/c1-3-22(4-2)17-10-8-15(9-11-17)20(23)21-14-16-6-5-7-18-19(16)25-13-12-24-18/h5-11H,3-4,12-14H2,1-2H3,(H,21,23). The molecule has 0 aromatic heterocycles. The van der Waals surface area contributed by atoms with E-state index in [1.807, 2.05) is 42.5 Å². The molecule has 3 rings (SSSR count). The van der Waals surface area contributed by atoms with E-state index < -0.39 is 0 Å². The van der Waals surface area contributed by atoms with E-state index in [-0.39, 0.29) is 5.91 Å². The fourth-order valence-electron chi connectivity index (χ4n) is 2.96. The molecular formula is C20H24N2O3. The number of ether oxygens (including phenoxy) is 2. The van der Waals surface area contributed by atoms with Crippen LogP contribution in [-0.2, 0) is 6.54 Å². The van der Waals surface area contributed by atoms with Crippen LogP contribution in [0.4, 0.5) is 5.69 Å². The number of benzene rings is 2. The van der Waals surface area contributed by atoms with Gasteiger partial charge in [0.1, 0.15) is 13.2 Å². The molecule has 1 aliphatic rings. The summed E-state index contributed by atoms with van der Waals surface area (Å²) < 4.78 is 11.2. The molecule has 5 nitrogen and oxygen atoms in total. The number of amides is 1. The van der Waals surface area contributed by atoms with E-state index in [1.54, 1.807) is 0 Å². The third-order valence-electron chi connectivity index (χ3n) is 4.35. The van der Waals surface area contributed by atoms with Gasteiger partial charge in [-0.05, 0) is 44.2 Å². The molecule has 0 saturated heterocycles. The van der Waals surface area contributed by atoms with Crippen LogP contribution >= 0.6 is 0 Å². The molecule has 0 atom stereocenters. The first kappa shape index (κ1) is 17.1.